The fourth-order valence-corrected chi connectivity index (χ4v) is 5.05. The maximum atomic E-state index is 2.59. The molecule has 2 aliphatic carbocycles. The molecule has 0 bridgehead atoms. The fourth-order valence-electron chi connectivity index (χ4n) is 5.05. The Morgan fingerprint density at radius 1 is 1.00 bits per heavy atom. The Morgan fingerprint density at radius 2 is 1.69 bits per heavy atom. The highest BCUT2D eigenvalue weighted by atomic mass is 14.6. The zero-order chi connectivity index (χ0) is 12.0. The molecule has 2 aliphatic rings. The molecule has 2 saturated carbocycles. The maximum absolute atomic E-state index is 2.59. The lowest BCUT2D eigenvalue weighted by atomic mass is 9.47. The minimum absolute atomic E-state index is 0.599. The second-order valence-electron chi connectivity index (χ2n) is 7.93. The summed E-state index contributed by atoms with van der Waals surface area (Å²) < 4.78 is 0. The minimum atomic E-state index is 0.599. The smallest absolute Gasteiger partial charge is 0.0287 e. The van der Waals surface area contributed by atoms with Crippen molar-refractivity contribution in [2.24, 2.45) is 22.2 Å². The Kier molecular flexibility index (Phi) is 2.92. The van der Waals surface area contributed by atoms with Crippen LogP contribution in [0.15, 0.2) is 0 Å². The van der Waals surface area contributed by atoms with E-state index < -0.39 is 0 Å². The molecule has 0 aromatic heterocycles. The highest BCUT2D eigenvalue weighted by molar-refractivity contribution is 5.01. The van der Waals surface area contributed by atoms with Crippen LogP contribution in [0.5, 0.6) is 0 Å². The Morgan fingerprint density at radius 3 is 2.31 bits per heavy atom. The third-order valence-corrected chi connectivity index (χ3v) is 6.07. The van der Waals surface area contributed by atoms with Gasteiger partial charge in [0.25, 0.3) is 0 Å². The van der Waals surface area contributed by atoms with Gasteiger partial charge in [0, 0.05) is 0 Å². The second kappa shape index (κ2) is 3.75. The predicted octanol–water partition coefficient (Wildman–Crippen LogP) is 5.42. The SMILES string of the molecule is CC[C@]1(C)CC[C@H]2C(C)(C)CCC[C@]2(C)C1. The number of fused-ring (bicyclic) bond motifs is 1. The largest absolute Gasteiger partial charge is 0.0649 e. The van der Waals surface area contributed by atoms with Crippen molar-refractivity contribution in [3.05, 3.63) is 0 Å². The minimum Gasteiger partial charge on any atom is -0.0649 e. The van der Waals surface area contributed by atoms with E-state index in [9.17, 15) is 0 Å². The van der Waals surface area contributed by atoms with Crippen molar-refractivity contribution in [3.8, 4) is 0 Å². The molecule has 0 N–H and O–H groups in total. The van der Waals surface area contributed by atoms with E-state index in [1.54, 1.807) is 0 Å². The average Bonchev–Trinajstić information content (AvgIpc) is 2.15. The van der Waals surface area contributed by atoms with Gasteiger partial charge in [-0.05, 0) is 54.3 Å². The van der Waals surface area contributed by atoms with Gasteiger partial charge in [-0.2, -0.15) is 0 Å². The third kappa shape index (κ3) is 1.93. The topological polar surface area (TPSA) is 0 Å². The van der Waals surface area contributed by atoms with E-state index in [2.05, 4.69) is 34.6 Å². The first kappa shape index (κ1) is 12.5. The molecule has 16 heavy (non-hydrogen) atoms. The molecular weight excluding hydrogens is 192 g/mol. The molecule has 3 atom stereocenters. The lowest BCUT2D eigenvalue weighted by Gasteiger charge is -2.58. The standard InChI is InChI=1S/C16H30/c1-6-15(4)11-8-13-14(2,3)9-7-10-16(13,5)12-15/h13H,6-12H2,1-5H3/t13-,15+,16+/m0/s1. The fraction of sp³-hybridized carbons (Fsp3) is 1.00. The van der Waals surface area contributed by atoms with Gasteiger partial charge in [0.05, 0.1) is 0 Å². The Labute approximate surface area is 102 Å². The molecule has 0 spiro atoms. The Hall–Kier alpha value is 0. The van der Waals surface area contributed by atoms with Crippen molar-refractivity contribution in [1.29, 1.82) is 0 Å². The quantitative estimate of drug-likeness (QED) is 0.556. The van der Waals surface area contributed by atoms with E-state index in [-0.39, 0.29) is 0 Å². The Bertz CT molecular complexity index is 265. The normalized spacial score (nSPS) is 47.4. The molecule has 0 aliphatic heterocycles. The molecule has 0 heterocycles. The van der Waals surface area contributed by atoms with Gasteiger partial charge in [-0.1, -0.05) is 47.5 Å². The molecule has 0 saturated heterocycles. The highest BCUT2D eigenvalue weighted by Gasteiger charge is 2.51. The van der Waals surface area contributed by atoms with E-state index >= 15 is 0 Å². The van der Waals surface area contributed by atoms with Crippen molar-refractivity contribution >= 4 is 0 Å². The van der Waals surface area contributed by atoms with Gasteiger partial charge in [-0.25, -0.2) is 0 Å². The van der Waals surface area contributed by atoms with E-state index in [1.165, 1.54) is 44.9 Å². The van der Waals surface area contributed by atoms with Crippen molar-refractivity contribution < 1.29 is 0 Å². The van der Waals surface area contributed by atoms with E-state index in [0.29, 0.717) is 16.2 Å². The van der Waals surface area contributed by atoms with Crippen molar-refractivity contribution in [2.75, 3.05) is 0 Å². The number of hydrogen-bond donors (Lipinski definition) is 0. The molecule has 2 fully saturated rings. The van der Waals surface area contributed by atoms with Crippen LogP contribution in [0.1, 0.15) is 79.6 Å². The summed E-state index contributed by atoms with van der Waals surface area (Å²) in [7, 11) is 0. The van der Waals surface area contributed by atoms with Gasteiger partial charge in [-0.15, -0.1) is 0 Å². The zero-order valence-corrected chi connectivity index (χ0v) is 12.0. The summed E-state index contributed by atoms with van der Waals surface area (Å²) >= 11 is 0. The molecule has 0 nitrogen and oxygen atoms in total. The monoisotopic (exact) mass is 222 g/mol. The Balaban J connectivity index is 2.23. The maximum Gasteiger partial charge on any atom is -0.0287 e. The van der Waals surface area contributed by atoms with Gasteiger partial charge in [0.2, 0.25) is 0 Å². The number of hydrogen-bond acceptors (Lipinski definition) is 0. The first-order valence-corrected chi connectivity index (χ1v) is 7.31. The molecule has 0 amide bonds. The van der Waals surface area contributed by atoms with Gasteiger partial charge in [0.15, 0.2) is 0 Å². The summed E-state index contributed by atoms with van der Waals surface area (Å²) in [5.74, 6) is 0.980. The molecule has 0 radical (unpaired) electrons. The first-order valence-electron chi connectivity index (χ1n) is 7.31. The number of rotatable bonds is 1. The van der Waals surface area contributed by atoms with Crippen molar-refractivity contribution in [2.45, 2.75) is 79.6 Å². The van der Waals surface area contributed by atoms with Crippen LogP contribution in [-0.4, -0.2) is 0 Å². The van der Waals surface area contributed by atoms with Crippen LogP contribution in [-0.2, 0) is 0 Å². The summed E-state index contributed by atoms with van der Waals surface area (Å²) in [6, 6.07) is 0. The van der Waals surface area contributed by atoms with Gasteiger partial charge >= 0.3 is 0 Å². The van der Waals surface area contributed by atoms with Gasteiger partial charge in [0.1, 0.15) is 0 Å². The molecule has 0 heteroatoms. The predicted molar refractivity (Wildman–Crippen MR) is 71.5 cm³/mol. The lowest BCUT2D eigenvalue weighted by molar-refractivity contribution is -0.0757. The van der Waals surface area contributed by atoms with Crippen LogP contribution in [0.25, 0.3) is 0 Å². The van der Waals surface area contributed by atoms with Gasteiger partial charge < -0.3 is 0 Å². The van der Waals surface area contributed by atoms with Crippen LogP contribution < -0.4 is 0 Å². The lowest BCUT2D eigenvalue weighted by Crippen LogP contribution is -2.48. The van der Waals surface area contributed by atoms with Crippen LogP contribution in [0.3, 0.4) is 0 Å². The van der Waals surface area contributed by atoms with E-state index in [4.69, 9.17) is 0 Å². The average molecular weight is 222 g/mol. The third-order valence-electron chi connectivity index (χ3n) is 6.07. The second-order valence-corrected chi connectivity index (χ2v) is 7.93. The molecule has 0 unspecified atom stereocenters. The summed E-state index contributed by atoms with van der Waals surface area (Å²) in [6.45, 7) is 12.5. The molecule has 0 aromatic carbocycles. The van der Waals surface area contributed by atoms with Crippen LogP contribution in [0, 0.1) is 22.2 Å². The van der Waals surface area contributed by atoms with Crippen LogP contribution in [0.2, 0.25) is 0 Å². The van der Waals surface area contributed by atoms with Crippen LogP contribution >= 0.6 is 0 Å². The summed E-state index contributed by atoms with van der Waals surface area (Å²) in [6.07, 6.45) is 10.2. The molecule has 94 valence electrons. The highest BCUT2D eigenvalue weighted by Crippen LogP contribution is 2.61. The first-order chi connectivity index (χ1) is 7.31. The molecule has 0 aromatic rings. The summed E-state index contributed by atoms with van der Waals surface area (Å²) in [5.41, 5.74) is 1.88. The van der Waals surface area contributed by atoms with Crippen molar-refractivity contribution in [3.63, 3.8) is 0 Å². The molecule has 2 rings (SSSR count). The zero-order valence-electron chi connectivity index (χ0n) is 12.0. The molecular formula is C16H30. The van der Waals surface area contributed by atoms with Gasteiger partial charge in [-0.3, -0.25) is 0 Å². The van der Waals surface area contributed by atoms with Crippen LogP contribution in [0.4, 0.5) is 0 Å². The summed E-state index contributed by atoms with van der Waals surface area (Å²) in [4.78, 5) is 0. The summed E-state index contributed by atoms with van der Waals surface area (Å²) in [5, 5.41) is 0. The van der Waals surface area contributed by atoms with E-state index in [0.717, 1.165) is 5.92 Å². The van der Waals surface area contributed by atoms with E-state index in [1.807, 2.05) is 0 Å². The van der Waals surface area contributed by atoms with Crippen molar-refractivity contribution in [1.82, 2.24) is 0 Å².